The van der Waals surface area contributed by atoms with Crippen LogP contribution < -0.4 is 10.9 Å². The molecule has 0 radical (unpaired) electrons. The maximum atomic E-state index is 12.5. The first-order valence-corrected chi connectivity index (χ1v) is 10.1. The topological polar surface area (TPSA) is 98.0 Å². The number of carbonyl (C=O) groups is 1. The molecule has 0 saturated heterocycles. The summed E-state index contributed by atoms with van der Waals surface area (Å²) >= 11 is 1.46. The van der Waals surface area contributed by atoms with Crippen molar-refractivity contribution in [2.45, 2.75) is 38.5 Å². The number of rotatable bonds is 6. The Morgan fingerprint density at radius 1 is 1.32 bits per heavy atom. The van der Waals surface area contributed by atoms with Gasteiger partial charge in [-0.1, -0.05) is 6.42 Å². The van der Waals surface area contributed by atoms with Crippen LogP contribution in [-0.4, -0.2) is 27.4 Å². The molecule has 0 atom stereocenters. The van der Waals surface area contributed by atoms with Crippen LogP contribution in [0, 0.1) is 6.92 Å². The van der Waals surface area contributed by atoms with Gasteiger partial charge in [-0.05, 0) is 37.5 Å². The van der Waals surface area contributed by atoms with Gasteiger partial charge >= 0.3 is 5.63 Å². The minimum absolute atomic E-state index is 0.0831. The van der Waals surface area contributed by atoms with Crippen LogP contribution in [0.1, 0.15) is 52.6 Å². The smallest absolute Gasteiger partial charge is 0.349 e. The van der Waals surface area contributed by atoms with Crippen LogP contribution in [0.25, 0.3) is 10.8 Å². The van der Waals surface area contributed by atoms with Gasteiger partial charge in [-0.2, -0.15) is 0 Å². The molecule has 0 spiro atoms. The van der Waals surface area contributed by atoms with Crippen molar-refractivity contribution in [1.82, 2.24) is 20.3 Å². The van der Waals surface area contributed by atoms with Gasteiger partial charge in [0.2, 0.25) is 0 Å². The first-order chi connectivity index (χ1) is 13.6. The van der Waals surface area contributed by atoms with E-state index in [2.05, 4.69) is 20.3 Å². The summed E-state index contributed by atoms with van der Waals surface area (Å²) in [5.74, 6) is 1.19. The maximum Gasteiger partial charge on any atom is 0.349 e. The second kappa shape index (κ2) is 8.02. The summed E-state index contributed by atoms with van der Waals surface area (Å²) in [7, 11) is 0. The number of nitrogens with one attached hydrogen (secondary N) is 1. The molecule has 1 N–H and O–H groups in total. The molecule has 1 amide bonds. The number of nitrogens with zero attached hydrogens (tertiary/aromatic N) is 3. The van der Waals surface area contributed by atoms with Crippen LogP contribution in [0.15, 0.2) is 39.1 Å². The van der Waals surface area contributed by atoms with Gasteiger partial charge < -0.3 is 9.73 Å². The fourth-order valence-electron chi connectivity index (χ4n) is 3.13. The van der Waals surface area contributed by atoms with Gasteiger partial charge in [0, 0.05) is 36.7 Å². The van der Waals surface area contributed by atoms with Crippen molar-refractivity contribution in [2.75, 3.05) is 6.54 Å². The third-order valence-electron chi connectivity index (χ3n) is 4.88. The van der Waals surface area contributed by atoms with Crippen LogP contribution in [0.3, 0.4) is 0 Å². The van der Waals surface area contributed by atoms with Gasteiger partial charge in [-0.25, -0.2) is 19.7 Å². The minimum atomic E-state index is -0.559. The van der Waals surface area contributed by atoms with Crippen LogP contribution >= 0.6 is 11.3 Å². The lowest BCUT2D eigenvalue weighted by molar-refractivity contribution is 0.0948. The molecule has 3 heterocycles. The number of aromatic nitrogens is 3. The third-order valence-corrected chi connectivity index (χ3v) is 5.76. The second-order valence-corrected chi connectivity index (χ2v) is 7.70. The predicted molar refractivity (Wildman–Crippen MR) is 105 cm³/mol. The molecular weight excluding hydrogens is 376 g/mol. The third kappa shape index (κ3) is 3.87. The zero-order valence-corrected chi connectivity index (χ0v) is 16.3. The van der Waals surface area contributed by atoms with Gasteiger partial charge in [0.15, 0.2) is 10.8 Å². The van der Waals surface area contributed by atoms with E-state index in [1.807, 2.05) is 11.4 Å². The van der Waals surface area contributed by atoms with Crippen LogP contribution in [0.2, 0.25) is 0 Å². The van der Waals surface area contributed by atoms with Crippen molar-refractivity contribution in [3.63, 3.8) is 0 Å². The van der Waals surface area contributed by atoms with Crippen LogP contribution in [0.5, 0.6) is 0 Å². The summed E-state index contributed by atoms with van der Waals surface area (Å²) in [6.45, 7) is 2.15. The van der Waals surface area contributed by atoms with Crippen molar-refractivity contribution < 1.29 is 9.21 Å². The first kappa shape index (κ1) is 18.5. The molecule has 4 rings (SSSR count). The van der Waals surface area contributed by atoms with E-state index in [1.165, 1.54) is 11.3 Å². The molecule has 0 bridgehead atoms. The number of hydrogen-bond acceptors (Lipinski definition) is 7. The Bertz CT molecular complexity index is 1040. The highest BCUT2D eigenvalue weighted by Gasteiger charge is 2.25. The van der Waals surface area contributed by atoms with Gasteiger partial charge in [-0.3, -0.25) is 4.79 Å². The lowest BCUT2D eigenvalue weighted by Gasteiger charge is -2.24. The molecule has 1 fully saturated rings. The number of thiazole rings is 1. The van der Waals surface area contributed by atoms with Crippen molar-refractivity contribution in [1.29, 1.82) is 0 Å². The summed E-state index contributed by atoms with van der Waals surface area (Å²) in [5.41, 5.74) is 1.03. The zero-order valence-electron chi connectivity index (χ0n) is 15.5. The molecule has 144 valence electrons. The average molecular weight is 396 g/mol. The summed E-state index contributed by atoms with van der Waals surface area (Å²) in [4.78, 5) is 37.6. The largest absolute Gasteiger partial charge is 0.427 e. The quantitative estimate of drug-likeness (QED) is 0.687. The monoisotopic (exact) mass is 396 g/mol. The standard InChI is InChI=1S/C20H20N4O3S/c1-12-10-15(13-4-2-5-13)27-20(26)16(12)18(25)23-9-6-14-11-28-19(24-14)17-21-7-3-8-22-17/h3,7-8,10-11,13H,2,4-6,9H2,1H3,(H,23,25). The summed E-state index contributed by atoms with van der Waals surface area (Å²) in [6, 6.07) is 3.58. The predicted octanol–water partition coefficient (Wildman–Crippen LogP) is 3.10. The molecule has 28 heavy (non-hydrogen) atoms. The Balaban J connectivity index is 1.37. The van der Waals surface area contributed by atoms with E-state index in [-0.39, 0.29) is 5.56 Å². The van der Waals surface area contributed by atoms with Gasteiger partial charge in [0.25, 0.3) is 5.91 Å². The molecule has 0 aliphatic heterocycles. The molecule has 0 unspecified atom stereocenters. The lowest BCUT2D eigenvalue weighted by atomic mass is 9.83. The normalized spacial score (nSPS) is 13.9. The molecule has 1 aliphatic rings. The molecule has 7 nitrogen and oxygen atoms in total. The molecule has 0 aromatic carbocycles. The zero-order chi connectivity index (χ0) is 19.5. The van der Waals surface area contributed by atoms with E-state index in [4.69, 9.17) is 4.42 Å². The number of hydrogen-bond donors (Lipinski definition) is 1. The van der Waals surface area contributed by atoms with E-state index < -0.39 is 11.5 Å². The number of aryl methyl sites for hydroxylation is 1. The summed E-state index contributed by atoms with van der Waals surface area (Å²) < 4.78 is 5.39. The lowest BCUT2D eigenvalue weighted by Crippen LogP contribution is -2.31. The number of amides is 1. The minimum Gasteiger partial charge on any atom is -0.427 e. The fraction of sp³-hybridized carbons (Fsp3) is 0.350. The van der Waals surface area contributed by atoms with E-state index in [9.17, 15) is 9.59 Å². The molecule has 8 heteroatoms. The average Bonchev–Trinajstić information content (AvgIpc) is 3.09. The molecule has 1 saturated carbocycles. The maximum absolute atomic E-state index is 12.5. The van der Waals surface area contributed by atoms with E-state index in [0.29, 0.717) is 36.0 Å². The highest BCUT2D eigenvalue weighted by Crippen LogP contribution is 2.36. The van der Waals surface area contributed by atoms with Gasteiger partial charge in [-0.15, -0.1) is 11.3 Å². The first-order valence-electron chi connectivity index (χ1n) is 9.26. The van der Waals surface area contributed by atoms with Crippen molar-refractivity contribution >= 4 is 17.2 Å². The van der Waals surface area contributed by atoms with E-state index >= 15 is 0 Å². The van der Waals surface area contributed by atoms with Crippen molar-refractivity contribution in [3.8, 4) is 10.8 Å². The fourth-order valence-corrected chi connectivity index (χ4v) is 3.93. The highest BCUT2D eigenvalue weighted by atomic mass is 32.1. The Kier molecular flexibility index (Phi) is 5.29. The Morgan fingerprint density at radius 3 is 2.79 bits per heavy atom. The Morgan fingerprint density at radius 2 is 2.11 bits per heavy atom. The summed E-state index contributed by atoms with van der Waals surface area (Å²) in [6.07, 6.45) is 7.14. The second-order valence-electron chi connectivity index (χ2n) is 6.84. The SMILES string of the molecule is Cc1cc(C2CCC2)oc(=O)c1C(=O)NCCc1csc(-c2ncccn2)n1. The van der Waals surface area contributed by atoms with Crippen molar-refractivity contribution in [2.24, 2.45) is 0 Å². The molecule has 3 aromatic rings. The summed E-state index contributed by atoms with van der Waals surface area (Å²) in [5, 5.41) is 5.45. The highest BCUT2D eigenvalue weighted by molar-refractivity contribution is 7.13. The van der Waals surface area contributed by atoms with Crippen LogP contribution in [0.4, 0.5) is 0 Å². The Hall–Kier alpha value is -2.87. The molecule has 3 aromatic heterocycles. The Labute approximate surface area is 165 Å². The van der Waals surface area contributed by atoms with Gasteiger partial charge in [0.1, 0.15) is 11.3 Å². The van der Waals surface area contributed by atoms with Gasteiger partial charge in [0.05, 0.1) is 5.69 Å². The molecular formula is C20H20N4O3S. The number of carbonyl (C=O) groups excluding carboxylic acids is 1. The van der Waals surface area contributed by atoms with E-state index in [0.717, 1.165) is 30.0 Å². The molecule has 1 aliphatic carbocycles. The van der Waals surface area contributed by atoms with E-state index in [1.54, 1.807) is 25.4 Å². The van der Waals surface area contributed by atoms with Crippen LogP contribution in [-0.2, 0) is 6.42 Å². The van der Waals surface area contributed by atoms with Crippen molar-refractivity contribution in [3.05, 3.63) is 62.9 Å².